The lowest BCUT2D eigenvalue weighted by Gasteiger charge is -2.50. The van der Waals surface area contributed by atoms with E-state index in [1.807, 2.05) is 0 Å². The van der Waals surface area contributed by atoms with Crippen LogP contribution in [-0.2, 0) is 16.1 Å². The first-order valence-corrected chi connectivity index (χ1v) is 9.48. The molecule has 1 amide bonds. The quantitative estimate of drug-likeness (QED) is 0.871. The van der Waals surface area contributed by atoms with Gasteiger partial charge in [-0.2, -0.15) is 0 Å². The van der Waals surface area contributed by atoms with E-state index in [2.05, 4.69) is 20.8 Å². The fourth-order valence-electron chi connectivity index (χ4n) is 4.01. The van der Waals surface area contributed by atoms with E-state index in [1.54, 1.807) is 23.2 Å². The van der Waals surface area contributed by atoms with Crippen LogP contribution < -0.4 is 5.56 Å². The summed E-state index contributed by atoms with van der Waals surface area (Å²) in [4.78, 5) is 26.2. The van der Waals surface area contributed by atoms with Crippen molar-refractivity contribution >= 4 is 5.91 Å². The zero-order valence-electron chi connectivity index (χ0n) is 16.0. The number of piperidine rings is 1. The first kappa shape index (κ1) is 19.1. The fourth-order valence-corrected chi connectivity index (χ4v) is 4.01. The molecule has 2 atom stereocenters. The van der Waals surface area contributed by atoms with Gasteiger partial charge in [-0.3, -0.25) is 9.59 Å². The van der Waals surface area contributed by atoms with Crippen LogP contribution >= 0.6 is 0 Å². The number of pyridine rings is 1. The van der Waals surface area contributed by atoms with Gasteiger partial charge in [0.2, 0.25) is 5.91 Å². The Morgan fingerprint density at radius 1 is 1.31 bits per heavy atom. The minimum absolute atomic E-state index is 0.0180. The molecule has 0 radical (unpaired) electrons. The van der Waals surface area contributed by atoms with Crippen molar-refractivity contribution in [2.75, 3.05) is 13.1 Å². The van der Waals surface area contributed by atoms with E-state index in [9.17, 15) is 14.7 Å². The summed E-state index contributed by atoms with van der Waals surface area (Å²) in [5.74, 6) is -0.0446. The van der Waals surface area contributed by atoms with Gasteiger partial charge in [-0.05, 0) is 24.3 Å². The van der Waals surface area contributed by atoms with E-state index >= 15 is 0 Å². The molecule has 144 valence electrons. The van der Waals surface area contributed by atoms with Crippen molar-refractivity contribution < 1.29 is 14.6 Å². The van der Waals surface area contributed by atoms with Crippen LogP contribution in [0.3, 0.4) is 0 Å². The highest BCUT2D eigenvalue weighted by Crippen LogP contribution is 2.42. The average molecular weight is 362 g/mol. The number of hydrogen-bond acceptors (Lipinski definition) is 4. The van der Waals surface area contributed by atoms with Crippen LogP contribution in [0, 0.1) is 5.41 Å². The highest BCUT2D eigenvalue weighted by Gasteiger charge is 2.46. The Bertz CT molecular complexity index is 698. The molecule has 1 aromatic heterocycles. The van der Waals surface area contributed by atoms with E-state index in [4.69, 9.17) is 4.74 Å². The van der Waals surface area contributed by atoms with E-state index in [0.29, 0.717) is 25.9 Å². The molecule has 26 heavy (non-hydrogen) atoms. The van der Waals surface area contributed by atoms with E-state index < -0.39 is 0 Å². The second-order valence-corrected chi connectivity index (χ2v) is 8.80. The van der Waals surface area contributed by atoms with E-state index in [0.717, 1.165) is 12.8 Å². The largest absolute Gasteiger partial charge is 0.393 e. The number of carbonyl (C=O) groups is 1. The third kappa shape index (κ3) is 4.18. The second kappa shape index (κ2) is 7.16. The molecule has 0 aromatic carbocycles. The summed E-state index contributed by atoms with van der Waals surface area (Å²) >= 11 is 0. The molecule has 3 heterocycles. The Hall–Kier alpha value is -1.66. The lowest BCUT2D eigenvalue weighted by molar-refractivity contribution is -0.207. The van der Waals surface area contributed by atoms with Crippen molar-refractivity contribution in [1.82, 2.24) is 9.47 Å². The molecule has 2 aliphatic rings. The number of amides is 1. The van der Waals surface area contributed by atoms with Gasteiger partial charge in [0.25, 0.3) is 5.56 Å². The van der Waals surface area contributed by atoms with Crippen molar-refractivity contribution in [2.45, 2.75) is 70.8 Å². The van der Waals surface area contributed by atoms with Gasteiger partial charge in [0.1, 0.15) is 6.54 Å². The van der Waals surface area contributed by atoms with Crippen LogP contribution in [0.5, 0.6) is 0 Å². The average Bonchev–Trinajstić information content (AvgIpc) is 2.56. The van der Waals surface area contributed by atoms with Gasteiger partial charge in [-0.25, -0.2) is 0 Å². The summed E-state index contributed by atoms with van der Waals surface area (Å²) in [6, 6.07) is 4.89. The molecule has 1 aromatic rings. The number of aliphatic hydroxyl groups excluding tert-OH is 1. The Kier molecular flexibility index (Phi) is 5.26. The van der Waals surface area contributed by atoms with Crippen molar-refractivity contribution in [1.29, 1.82) is 0 Å². The van der Waals surface area contributed by atoms with Crippen LogP contribution in [0.1, 0.15) is 46.5 Å². The third-order valence-electron chi connectivity index (χ3n) is 5.68. The molecule has 0 bridgehead atoms. The first-order chi connectivity index (χ1) is 12.2. The highest BCUT2D eigenvalue weighted by molar-refractivity contribution is 5.76. The van der Waals surface area contributed by atoms with Crippen molar-refractivity contribution in [3.8, 4) is 0 Å². The summed E-state index contributed by atoms with van der Waals surface area (Å²) < 4.78 is 7.90. The fraction of sp³-hybridized carbons (Fsp3) is 0.700. The van der Waals surface area contributed by atoms with Gasteiger partial charge in [0, 0.05) is 38.2 Å². The maximum Gasteiger partial charge on any atom is 0.250 e. The number of likely N-dealkylation sites (tertiary alicyclic amines) is 1. The van der Waals surface area contributed by atoms with Crippen LogP contribution in [0.15, 0.2) is 29.2 Å². The predicted octanol–water partition coefficient (Wildman–Crippen LogP) is 1.80. The smallest absolute Gasteiger partial charge is 0.250 e. The van der Waals surface area contributed by atoms with Gasteiger partial charge < -0.3 is 19.3 Å². The number of aromatic nitrogens is 1. The molecule has 1 N–H and O–H groups in total. The monoisotopic (exact) mass is 362 g/mol. The molecule has 6 heteroatoms. The number of hydrogen-bond donors (Lipinski definition) is 1. The summed E-state index contributed by atoms with van der Waals surface area (Å²) in [5, 5.41) is 10.4. The molecule has 0 aliphatic carbocycles. The zero-order valence-corrected chi connectivity index (χ0v) is 16.0. The molecule has 1 spiro atoms. The molecule has 3 rings (SSSR count). The third-order valence-corrected chi connectivity index (χ3v) is 5.68. The number of aliphatic hydroxyl groups is 1. The standard InChI is InChI=1S/C20H30N2O4/c1-19(2,3)16-12-15(23)13-20(26-16)7-10-21(11-8-20)18(25)14-22-9-5-4-6-17(22)24/h4-6,9,15-16,23H,7-8,10-14H2,1-3H3/t15-,16-/m1/s1. The maximum absolute atomic E-state index is 12.6. The number of rotatable bonds is 2. The van der Waals surface area contributed by atoms with Gasteiger partial charge in [-0.15, -0.1) is 0 Å². The van der Waals surface area contributed by atoms with Crippen LogP contribution in [0.4, 0.5) is 0 Å². The Morgan fingerprint density at radius 3 is 2.62 bits per heavy atom. The minimum Gasteiger partial charge on any atom is -0.393 e. The van der Waals surface area contributed by atoms with Gasteiger partial charge in [0.15, 0.2) is 0 Å². The molecular weight excluding hydrogens is 332 g/mol. The zero-order chi connectivity index (χ0) is 18.9. The Labute approximate surface area is 154 Å². The summed E-state index contributed by atoms with van der Waals surface area (Å²) in [5.41, 5.74) is -0.521. The van der Waals surface area contributed by atoms with Crippen LogP contribution in [-0.4, -0.2) is 51.4 Å². The maximum atomic E-state index is 12.6. The van der Waals surface area contributed by atoms with Gasteiger partial charge >= 0.3 is 0 Å². The molecule has 2 saturated heterocycles. The van der Waals surface area contributed by atoms with Crippen LogP contribution in [0.2, 0.25) is 0 Å². The van der Waals surface area contributed by atoms with Crippen molar-refractivity contribution in [3.63, 3.8) is 0 Å². The molecular formula is C20H30N2O4. The normalized spacial score (nSPS) is 26.1. The van der Waals surface area contributed by atoms with E-state index in [1.165, 1.54) is 10.6 Å². The summed E-state index contributed by atoms with van der Waals surface area (Å²) in [7, 11) is 0. The van der Waals surface area contributed by atoms with Crippen molar-refractivity contribution in [3.05, 3.63) is 34.7 Å². The lowest BCUT2D eigenvalue weighted by Crippen LogP contribution is -2.56. The topological polar surface area (TPSA) is 71.8 Å². The second-order valence-electron chi connectivity index (χ2n) is 8.80. The lowest BCUT2D eigenvalue weighted by atomic mass is 9.76. The Balaban J connectivity index is 1.62. The van der Waals surface area contributed by atoms with E-state index in [-0.39, 0.29) is 41.2 Å². The molecule has 2 fully saturated rings. The molecule has 0 saturated carbocycles. The SMILES string of the molecule is CC(C)(C)[C@H]1C[C@@H](O)CC2(CCN(C(=O)Cn3ccccc3=O)CC2)O1. The predicted molar refractivity (Wildman–Crippen MR) is 98.8 cm³/mol. The van der Waals surface area contributed by atoms with Gasteiger partial charge in [-0.1, -0.05) is 26.8 Å². The van der Waals surface area contributed by atoms with Crippen LogP contribution in [0.25, 0.3) is 0 Å². The molecule has 0 unspecified atom stereocenters. The first-order valence-electron chi connectivity index (χ1n) is 9.48. The van der Waals surface area contributed by atoms with Crippen molar-refractivity contribution in [2.24, 2.45) is 5.41 Å². The molecule has 2 aliphatic heterocycles. The minimum atomic E-state index is -0.349. The number of nitrogens with zero attached hydrogens (tertiary/aromatic N) is 2. The Morgan fingerprint density at radius 2 is 2.00 bits per heavy atom. The highest BCUT2D eigenvalue weighted by atomic mass is 16.5. The summed E-state index contributed by atoms with van der Waals surface area (Å²) in [6.45, 7) is 7.69. The molecule has 6 nitrogen and oxygen atoms in total. The number of carbonyl (C=O) groups excluding carboxylic acids is 1. The van der Waals surface area contributed by atoms with Gasteiger partial charge in [0.05, 0.1) is 17.8 Å². The number of ether oxygens (including phenoxy) is 1. The summed E-state index contributed by atoms with van der Waals surface area (Å²) in [6.07, 6.45) is 4.08.